The maximum absolute atomic E-state index is 12.1. The topological polar surface area (TPSA) is 78.4 Å². The zero-order valence-electron chi connectivity index (χ0n) is 12.6. The van der Waals surface area contributed by atoms with Crippen molar-refractivity contribution in [1.29, 1.82) is 0 Å². The van der Waals surface area contributed by atoms with Gasteiger partial charge in [0, 0.05) is 18.5 Å². The number of nitrogens with one attached hydrogen (secondary N) is 2. The van der Waals surface area contributed by atoms with Gasteiger partial charge < -0.3 is 15.7 Å². The summed E-state index contributed by atoms with van der Waals surface area (Å²) < 4.78 is 0. The Morgan fingerprint density at radius 3 is 2.25 bits per heavy atom. The van der Waals surface area contributed by atoms with Crippen molar-refractivity contribution in [3.8, 4) is 0 Å². The molecule has 1 amide bonds. The molecule has 5 nitrogen and oxygen atoms in total. The summed E-state index contributed by atoms with van der Waals surface area (Å²) in [7, 11) is 0. The SMILES string of the molecule is CC(C)(C)C(NC(=O)CC1CC2CCC(C1)N2)C(=O)O. The van der Waals surface area contributed by atoms with E-state index in [9.17, 15) is 14.7 Å². The highest BCUT2D eigenvalue weighted by Gasteiger charge is 2.36. The van der Waals surface area contributed by atoms with Gasteiger partial charge in [0.15, 0.2) is 0 Å². The number of aliphatic carboxylic acids is 1. The zero-order valence-corrected chi connectivity index (χ0v) is 12.6. The van der Waals surface area contributed by atoms with Gasteiger partial charge in [-0.2, -0.15) is 0 Å². The molecule has 0 aromatic heterocycles. The Balaban J connectivity index is 1.87. The molecule has 2 aliphatic heterocycles. The van der Waals surface area contributed by atoms with Gasteiger partial charge in [0.25, 0.3) is 0 Å². The van der Waals surface area contributed by atoms with E-state index in [2.05, 4.69) is 10.6 Å². The molecule has 0 aliphatic carbocycles. The fourth-order valence-electron chi connectivity index (χ4n) is 3.47. The molecule has 2 bridgehead atoms. The van der Waals surface area contributed by atoms with Crippen molar-refractivity contribution in [2.45, 2.75) is 71.0 Å². The van der Waals surface area contributed by atoms with E-state index in [0.29, 0.717) is 24.4 Å². The number of carbonyl (C=O) groups is 2. The molecule has 20 heavy (non-hydrogen) atoms. The van der Waals surface area contributed by atoms with Gasteiger partial charge in [-0.25, -0.2) is 4.79 Å². The summed E-state index contributed by atoms with van der Waals surface area (Å²) >= 11 is 0. The van der Waals surface area contributed by atoms with Gasteiger partial charge in [-0.3, -0.25) is 4.79 Å². The molecule has 3 atom stereocenters. The molecule has 2 aliphatic rings. The molecule has 5 heteroatoms. The van der Waals surface area contributed by atoms with Crippen LogP contribution in [0.3, 0.4) is 0 Å². The number of hydrogen-bond acceptors (Lipinski definition) is 3. The number of fused-ring (bicyclic) bond motifs is 2. The Morgan fingerprint density at radius 1 is 1.25 bits per heavy atom. The van der Waals surface area contributed by atoms with Crippen molar-refractivity contribution >= 4 is 11.9 Å². The Hall–Kier alpha value is -1.10. The third kappa shape index (κ3) is 3.72. The first-order chi connectivity index (χ1) is 9.25. The van der Waals surface area contributed by atoms with Crippen LogP contribution in [0.25, 0.3) is 0 Å². The number of carbonyl (C=O) groups excluding carboxylic acids is 1. The van der Waals surface area contributed by atoms with Gasteiger partial charge in [0.05, 0.1) is 0 Å². The summed E-state index contributed by atoms with van der Waals surface area (Å²) in [5.74, 6) is -0.696. The Morgan fingerprint density at radius 2 is 1.80 bits per heavy atom. The van der Waals surface area contributed by atoms with Crippen LogP contribution in [0.1, 0.15) is 52.9 Å². The molecule has 0 radical (unpaired) electrons. The first-order valence-corrected chi connectivity index (χ1v) is 7.54. The van der Waals surface area contributed by atoms with Crippen molar-refractivity contribution in [2.24, 2.45) is 11.3 Å². The van der Waals surface area contributed by atoms with E-state index in [1.54, 1.807) is 0 Å². The van der Waals surface area contributed by atoms with Crippen LogP contribution in [0, 0.1) is 11.3 Å². The van der Waals surface area contributed by atoms with Crippen molar-refractivity contribution in [3.63, 3.8) is 0 Å². The summed E-state index contributed by atoms with van der Waals surface area (Å²) in [6.07, 6.45) is 4.95. The molecule has 0 saturated carbocycles. The molecule has 0 spiro atoms. The van der Waals surface area contributed by atoms with Gasteiger partial charge in [-0.1, -0.05) is 20.8 Å². The van der Waals surface area contributed by atoms with Crippen LogP contribution in [0.5, 0.6) is 0 Å². The fraction of sp³-hybridized carbons (Fsp3) is 0.867. The number of amides is 1. The third-order valence-corrected chi connectivity index (χ3v) is 4.46. The number of piperidine rings is 1. The van der Waals surface area contributed by atoms with Crippen molar-refractivity contribution in [2.75, 3.05) is 0 Å². The monoisotopic (exact) mass is 282 g/mol. The van der Waals surface area contributed by atoms with Crippen LogP contribution in [0.4, 0.5) is 0 Å². The normalized spacial score (nSPS) is 30.9. The molecule has 0 aromatic carbocycles. The summed E-state index contributed by atoms with van der Waals surface area (Å²) in [5.41, 5.74) is -0.478. The highest BCUT2D eigenvalue weighted by atomic mass is 16.4. The Labute approximate surface area is 120 Å². The number of hydrogen-bond donors (Lipinski definition) is 3. The van der Waals surface area contributed by atoms with Gasteiger partial charge in [0.1, 0.15) is 6.04 Å². The van der Waals surface area contributed by atoms with Crippen molar-refractivity contribution in [3.05, 3.63) is 0 Å². The van der Waals surface area contributed by atoms with E-state index in [0.717, 1.165) is 12.8 Å². The molecule has 2 heterocycles. The van der Waals surface area contributed by atoms with Crippen LogP contribution < -0.4 is 10.6 Å². The summed E-state index contributed by atoms with van der Waals surface area (Å²) in [6, 6.07) is 0.294. The minimum absolute atomic E-state index is 0.126. The van der Waals surface area contributed by atoms with Crippen molar-refractivity contribution < 1.29 is 14.7 Å². The maximum atomic E-state index is 12.1. The van der Waals surface area contributed by atoms with Crippen LogP contribution in [0.15, 0.2) is 0 Å². The lowest BCUT2D eigenvalue weighted by molar-refractivity contribution is -0.145. The molecule has 3 unspecified atom stereocenters. The van der Waals surface area contributed by atoms with Crippen LogP contribution in [-0.2, 0) is 9.59 Å². The van der Waals surface area contributed by atoms with Crippen LogP contribution in [-0.4, -0.2) is 35.1 Å². The first kappa shape index (κ1) is 15.3. The van der Waals surface area contributed by atoms with Gasteiger partial charge in [-0.15, -0.1) is 0 Å². The molecule has 2 rings (SSSR count). The second-order valence-electron chi connectivity index (χ2n) is 7.38. The lowest BCUT2D eigenvalue weighted by Crippen LogP contribution is -2.50. The zero-order chi connectivity index (χ0) is 14.9. The van der Waals surface area contributed by atoms with Gasteiger partial charge in [-0.05, 0) is 37.0 Å². The van der Waals surface area contributed by atoms with Crippen LogP contribution in [0.2, 0.25) is 0 Å². The van der Waals surface area contributed by atoms with E-state index in [-0.39, 0.29) is 5.91 Å². The molecule has 2 fully saturated rings. The molecule has 0 aromatic rings. The molecular formula is C15H26N2O3. The highest BCUT2D eigenvalue weighted by Crippen LogP contribution is 2.32. The lowest BCUT2D eigenvalue weighted by Gasteiger charge is -2.31. The minimum atomic E-state index is -0.962. The predicted octanol–water partition coefficient (Wildman–Crippen LogP) is 1.52. The first-order valence-electron chi connectivity index (χ1n) is 7.54. The molecule has 3 N–H and O–H groups in total. The predicted molar refractivity (Wildman–Crippen MR) is 76.3 cm³/mol. The standard InChI is InChI=1S/C15H26N2O3/c1-15(2,3)13(14(19)20)17-12(18)8-9-6-10-4-5-11(7-9)16-10/h9-11,13,16H,4-8H2,1-3H3,(H,17,18)(H,19,20). The Bertz CT molecular complexity index is 377. The van der Waals surface area contributed by atoms with Crippen LogP contribution >= 0.6 is 0 Å². The number of carboxylic acids is 1. The smallest absolute Gasteiger partial charge is 0.326 e. The van der Waals surface area contributed by atoms with E-state index < -0.39 is 17.4 Å². The minimum Gasteiger partial charge on any atom is -0.480 e. The molecule has 114 valence electrons. The average Bonchev–Trinajstić information content (AvgIpc) is 2.64. The molecule has 2 saturated heterocycles. The summed E-state index contributed by atoms with van der Waals surface area (Å²) in [6.45, 7) is 5.49. The second-order valence-corrected chi connectivity index (χ2v) is 7.38. The Kier molecular flexibility index (Phi) is 4.37. The lowest BCUT2D eigenvalue weighted by atomic mass is 9.85. The van der Waals surface area contributed by atoms with E-state index in [4.69, 9.17) is 0 Å². The largest absolute Gasteiger partial charge is 0.480 e. The quantitative estimate of drug-likeness (QED) is 0.730. The van der Waals surface area contributed by atoms with E-state index >= 15 is 0 Å². The summed E-state index contributed by atoms with van der Waals surface area (Å²) in [5, 5.41) is 15.5. The summed E-state index contributed by atoms with van der Waals surface area (Å²) in [4.78, 5) is 23.4. The number of rotatable bonds is 4. The fourth-order valence-corrected chi connectivity index (χ4v) is 3.47. The van der Waals surface area contributed by atoms with Gasteiger partial charge in [0.2, 0.25) is 5.91 Å². The van der Waals surface area contributed by atoms with Crippen molar-refractivity contribution in [1.82, 2.24) is 10.6 Å². The van der Waals surface area contributed by atoms with E-state index in [1.807, 2.05) is 20.8 Å². The second kappa shape index (κ2) is 5.72. The van der Waals surface area contributed by atoms with E-state index in [1.165, 1.54) is 12.8 Å². The molecular weight excluding hydrogens is 256 g/mol. The number of carboxylic acid groups (broad SMARTS) is 1. The average molecular weight is 282 g/mol. The van der Waals surface area contributed by atoms with Gasteiger partial charge >= 0.3 is 5.97 Å². The maximum Gasteiger partial charge on any atom is 0.326 e. The highest BCUT2D eigenvalue weighted by molar-refractivity contribution is 5.84. The third-order valence-electron chi connectivity index (χ3n) is 4.46.